The third-order valence-corrected chi connectivity index (χ3v) is 6.08. The molecule has 6 nitrogen and oxygen atoms in total. The molecule has 1 aliphatic rings. The maximum absolute atomic E-state index is 13.1. The van der Waals surface area contributed by atoms with Gasteiger partial charge in [-0.25, -0.2) is 4.79 Å². The molecule has 0 atom stereocenters. The van der Waals surface area contributed by atoms with Crippen LogP contribution in [0.5, 0.6) is 5.75 Å². The predicted octanol–water partition coefficient (Wildman–Crippen LogP) is 5.00. The Morgan fingerprint density at radius 2 is 1.81 bits per heavy atom. The van der Waals surface area contributed by atoms with E-state index in [1.165, 1.54) is 0 Å². The smallest absolute Gasteiger partial charge is 0.344 e. The Kier molecular flexibility index (Phi) is 7.85. The summed E-state index contributed by atoms with van der Waals surface area (Å²) in [6.45, 7) is 1.69. The van der Waals surface area contributed by atoms with Crippen molar-refractivity contribution in [2.24, 2.45) is 0 Å². The molecule has 2 aromatic carbocycles. The summed E-state index contributed by atoms with van der Waals surface area (Å²) < 4.78 is 11.1. The lowest BCUT2D eigenvalue weighted by Gasteiger charge is -2.38. The number of halogens is 1. The van der Waals surface area contributed by atoms with Crippen LogP contribution in [0.25, 0.3) is 0 Å². The van der Waals surface area contributed by atoms with Gasteiger partial charge in [-0.05, 0) is 43.5 Å². The molecule has 3 rings (SSSR count). The SMILES string of the molecule is CCOC(=O)COc1ccc(Br)cc1C(=O)NC(=N)C1(c2ccccc2)CCCCC1. The largest absolute Gasteiger partial charge is 0.481 e. The van der Waals surface area contributed by atoms with Crippen molar-refractivity contribution >= 4 is 33.6 Å². The zero-order valence-corrected chi connectivity index (χ0v) is 19.2. The highest BCUT2D eigenvalue weighted by Crippen LogP contribution is 2.40. The highest BCUT2D eigenvalue weighted by molar-refractivity contribution is 9.10. The number of carbonyl (C=O) groups excluding carboxylic acids is 2. The van der Waals surface area contributed by atoms with Crippen LogP contribution in [0.4, 0.5) is 0 Å². The van der Waals surface area contributed by atoms with Gasteiger partial charge in [-0.2, -0.15) is 0 Å². The summed E-state index contributed by atoms with van der Waals surface area (Å²) >= 11 is 3.38. The van der Waals surface area contributed by atoms with Crippen LogP contribution in [0.15, 0.2) is 53.0 Å². The second kappa shape index (κ2) is 10.6. The average molecular weight is 487 g/mol. The third-order valence-electron chi connectivity index (χ3n) is 5.59. The number of hydrogen-bond acceptors (Lipinski definition) is 5. The lowest BCUT2D eigenvalue weighted by molar-refractivity contribution is -0.145. The number of rotatable bonds is 7. The summed E-state index contributed by atoms with van der Waals surface area (Å²) in [6.07, 6.45) is 4.80. The Balaban J connectivity index is 1.82. The first-order valence-electron chi connectivity index (χ1n) is 10.5. The highest BCUT2D eigenvalue weighted by Gasteiger charge is 2.39. The molecule has 2 N–H and O–H groups in total. The molecule has 0 heterocycles. The van der Waals surface area contributed by atoms with Gasteiger partial charge in [-0.3, -0.25) is 10.2 Å². The fourth-order valence-corrected chi connectivity index (χ4v) is 4.40. The second-order valence-corrected chi connectivity index (χ2v) is 8.49. The second-order valence-electron chi connectivity index (χ2n) is 7.57. The van der Waals surface area contributed by atoms with Crippen LogP contribution in [0, 0.1) is 5.41 Å². The molecule has 0 unspecified atom stereocenters. The van der Waals surface area contributed by atoms with Gasteiger partial charge in [-0.1, -0.05) is 65.5 Å². The van der Waals surface area contributed by atoms with Gasteiger partial charge in [-0.15, -0.1) is 0 Å². The van der Waals surface area contributed by atoms with Gasteiger partial charge in [0, 0.05) is 4.47 Å². The molecule has 2 aromatic rings. The molecule has 0 radical (unpaired) electrons. The molecule has 0 bridgehead atoms. The minimum atomic E-state index is -0.507. The molecule has 1 saturated carbocycles. The maximum Gasteiger partial charge on any atom is 0.344 e. The molecule has 31 heavy (non-hydrogen) atoms. The number of benzene rings is 2. The molecular formula is C24H27BrN2O4. The van der Waals surface area contributed by atoms with Crippen molar-refractivity contribution in [1.82, 2.24) is 5.32 Å². The van der Waals surface area contributed by atoms with Crippen molar-refractivity contribution in [1.29, 1.82) is 5.41 Å². The van der Waals surface area contributed by atoms with Gasteiger partial charge in [0.05, 0.1) is 17.6 Å². The summed E-state index contributed by atoms with van der Waals surface area (Å²) in [5.74, 6) is -0.487. The van der Waals surface area contributed by atoms with E-state index < -0.39 is 17.3 Å². The minimum absolute atomic E-state index is 0.194. The van der Waals surface area contributed by atoms with E-state index in [2.05, 4.69) is 21.2 Å². The topological polar surface area (TPSA) is 88.5 Å². The standard InChI is InChI=1S/C24H27BrN2O4/c1-2-30-21(28)16-31-20-12-11-18(25)15-19(20)22(29)27-23(26)24(13-7-4-8-14-24)17-9-5-3-6-10-17/h3,5-6,9-12,15H,2,4,7-8,13-14,16H2,1H3,(H2,26,27,29). The van der Waals surface area contributed by atoms with E-state index in [1.807, 2.05) is 30.3 Å². The maximum atomic E-state index is 13.1. The van der Waals surface area contributed by atoms with E-state index in [0.717, 1.165) is 37.7 Å². The summed E-state index contributed by atoms with van der Waals surface area (Å²) in [5.41, 5.74) is 0.795. The van der Waals surface area contributed by atoms with Crippen LogP contribution < -0.4 is 10.1 Å². The van der Waals surface area contributed by atoms with Gasteiger partial charge in [0.1, 0.15) is 11.6 Å². The fraction of sp³-hybridized carbons (Fsp3) is 0.375. The quantitative estimate of drug-likeness (QED) is 0.327. The van der Waals surface area contributed by atoms with Crippen molar-refractivity contribution in [3.8, 4) is 5.75 Å². The Labute approximate surface area is 191 Å². The lowest BCUT2D eigenvalue weighted by Crippen LogP contribution is -2.47. The van der Waals surface area contributed by atoms with Crippen molar-refractivity contribution in [3.63, 3.8) is 0 Å². The first kappa shape index (κ1) is 23.0. The molecule has 0 saturated heterocycles. The third kappa shape index (κ3) is 5.53. The molecular weight excluding hydrogens is 460 g/mol. The molecule has 0 aromatic heterocycles. The molecule has 7 heteroatoms. The Morgan fingerprint density at radius 1 is 1.10 bits per heavy atom. The van der Waals surface area contributed by atoms with Gasteiger partial charge in [0.2, 0.25) is 0 Å². The zero-order chi connectivity index (χ0) is 22.3. The predicted molar refractivity (Wildman–Crippen MR) is 123 cm³/mol. The number of nitrogens with one attached hydrogen (secondary N) is 2. The van der Waals surface area contributed by atoms with E-state index in [1.54, 1.807) is 25.1 Å². The summed E-state index contributed by atoms with van der Waals surface area (Å²) in [5, 5.41) is 11.7. The summed E-state index contributed by atoms with van der Waals surface area (Å²) in [7, 11) is 0. The molecule has 1 aliphatic carbocycles. The molecule has 164 valence electrons. The Hall–Kier alpha value is -2.67. The van der Waals surface area contributed by atoms with Crippen molar-refractivity contribution in [2.75, 3.05) is 13.2 Å². The molecule has 0 aliphatic heterocycles. The Bertz CT molecular complexity index is 940. The molecule has 1 amide bonds. The monoisotopic (exact) mass is 486 g/mol. The zero-order valence-electron chi connectivity index (χ0n) is 17.6. The van der Waals surface area contributed by atoms with Gasteiger partial charge in [0.15, 0.2) is 6.61 Å². The van der Waals surface area contributed by atoms with Crippen LogP contribution in [0.3, 0.4) is 0 Å². The van der Waals surface area contributed by atoms with E-state index in [-0.39, 0.29) is 30.4 Å². The van der Waals surface area contributed by atoms with E-state index >= 15 is 0 Å². The van der Waals surface area contributed by atoms with Crippen LogP contribution in [0.1, 0.15) is 54.9 Å². The first-order valence-corrected chi connectivity index (χ1v) is 11.3. The number of esters is 1. The lowest BCUT2D eigenvalue weighted by atomic mass is 9.68. The van der Waals surface area contributed by atoms with Gasteiger partial charge < -0.3 is 14.8 Å². The number of hydrogen-bond donors (Lipinski definition) is 2. The highest BCUT2D eigenvalue weighted by atomic mass is 79.9. The average Bonchev–Trinajstić information content (AvgIpc) is 2.79. The van der Waals surface area contributed by atoms with Gasteiger partial charge >= 0.3 is 5.97 Å². The van der Waals surface area contributed by atoms with Crippen molar-refractivity contribution in [3.05, 3.63) is 64.1 Å². The summed E-state index contributed by atoms with van der Waals surface area (Å²) in [6, 6.07) is 14.9. The first-order chi connectivity index (χ1) is 15.0. The van der Waals surface area contributed by atoms with E-state index in [9.17, 15) is 9.59 Å². The van der Waals surface area contributed by atoms with E-state index in [0.29, 0.717) is 4.47 Å². The van der Waals surface area contributed by atoms with Crippen LogP contribution in [0.2, 0.25) is 0 Å². The van der Waals surface area contributed by atoms with Crippen LogP contribution in [-0.4, -0.2) is 30.9 Å². The number of amides is 1. The number of ether oxygens (including phenoxy) is 2. The van der Waals surface area contributed by atoms with Crippen LogP contribution >= 0.6 is 15.9 Å². The minimum Gasteiger partial charge on any atom is -0.481 e. The number of carbonyl (C=O) groups is 2. The van der Waals surface area contributed by atoms with E-state index in [4.69, 9.17) is 14.9 Å². The van der Waals surface area contributed by atoms with Crippen molar-refractivity contribution in [2.45, 2.75) is 44.4 Å². The summed E-state index contributed by atoms with van der Waals surface area (Å²) in [4.78, 5) is 24.8. The van der Waals surface area contributed by atoms with Crippen molar-refractivity contribution < 1.29 is 19.1 Å². The number of amidine groups is 1. The molecule has 1 fully saturated rings. The van der Waals surface area contributed by atoms with Crippen LogP contribution in [-0.2, 0) is 14.9 Å². The molecule has 0 spiro atoms. The Morgan fingerprint density at radius 3 is 2.48 bits per heavy atom. The van der Waals surface area contributed by atoms with Gasteiger partial charge in [0.25, 0.3) is 5.91 Å². The normalized spacial score (nSPS) is 15.0. The fourth-order valence-electron chi connectivity index (χ4n) is 4.04.